The average Bonchev–Trinajstić information content (AvgIpc) is 2.45. The van der Waals surface area contributed by atoms with Crippen molar-refractivity contribution in [2.24, 2.45) is 0 Å². The van der Waals surface area contributed by atoms with Gasteiger partial charge in [0, 0.05) is 12.1 Å². The summed E-state index contributed by atoms with van der Waals surface area (Å²) in [4.78, 5) is 12.0. The monoisotopic (exact) mass is 278 g/mol. The summed E-state index contributed by atoms with van der Waals surface area (Å²) in [5, 5.41) is 6.15. The molecule has 0 bridgehead atoms. The Balaban J connectivity index is 2.39. The highest BCUT2D eigenvalue weighted by Gasteiger charge is 2.14. The first kappa shape index (κ1) is 16.7. The zero-order valence-corrected chi connectivity index (χ0v) is 13.2. The van der Waals surface area contributed by atoms with Crippen LogP contribution in [0.4, 0.5) is 0 Å². The summed E-state index contributed by atoms with van der Waals surface area (Å²) in [7, 11) is 6.32. The van der Waals surface area contributed by atoms with Gasteiger partial charge in [0.25, 0.3) is 5.91 Å². The maximum atomic E-state index is 12.0. The summed E-state index contributed by atoms with van der Waals surface area (Å²) in [5.74, 6) is 0.0151. The molecule has 0 atom stereocenters. The van der Waals surface area contributed by atoms with Crippen molar-refractivity contribution in [2.75, 3.05) is 47.3 Å². The van der Waals surface area contributed by atoms with Crippen molar-refractivity contribution >= 4 is 5.91 Å². The molecule has 0 spiro atoms. The summed E-state index contributed by atoms with van der Waals surface area (Å²) in [5.41, 5.74) is 1.99. The second-order valence-corrected chi connectivity index (χ2v) is 5.79. The fourth-order valence-corrected chi connectivity index (χ4v) is 1.99. The number of rotatable bonds is 8. The molecule has 1 aromatic carbocycles. The van der Waals surface area contributed by atoms with Gasteiger partial charge in [0.2, 0.25) is 0 Å². The maximum absolute atomic E-state index is 12.0. The molecule has 2 N–H and O–H groups in total. The van der Waals surface area contributed by atoms with E-state index in [9.17, 15) is 4.79 Å². The number of amides is 1. The van der Waals surface area contributed by atoms with Crippen LogP contribution in [0.1, 0.15) is 22.8 Å². The summed E-state index contributed by atoms with van der Waals surface area (Å²) in [6.07, 6.45) is 0.999. The van der Waals surface area contributed by atoms with Crippen LogP contribution in [0.25, 0.3) is 0 Å². The zero-order valence-electron chi connectivity index (χ0n) is 13.2. The van der Waals surface area contributed by atoms with Gasteiger partial charge in [0.05, 0.1) is 33.7 Å². The molecule has 1 rings (SSSR count). The molecule has 0 aliphatic heterocycles. The largest absolute Gasteiger partial charge is 0.346 e. The van der Waals surface area contributed by atoms with E-state index in [0.29, 0.717) is 6.54 Å². The van der Waals surface area contributed by atoms with E-state index in [4.69, 9.17) is 0 Å². The first-order valence-corrected chi connectivity index (χ1v) is 7.32. The van der Waals surface area contributed by atoms with Crippen LogP contribution in [-0.2, 0) is 6.42 Å². The normalized spacial score (nSPS) is 11.4. The van der Waals surface area contributed by atoms with Gasteiger partial charge in [0.15, 0.2) is 0 Å². The lowest BCUT2D eigenvalue weighted by Crippen LogP contribution is -2.48. The molecule has 0 saturated heterocycles. The van der Waals surface area contributed by atoms with Crippen LogP contribution < -0.4 is 10.6 Å². The van der Waals surface area contributed by atoms with E-state index in [-0.39, 0.29) is 5.91 Å². The number of nitrogens with one attached hydrogen (secondary N) is 2. The van der Waals surface area contributed by atoms with Crippen LogP contribution >= 0.6 is 0 Å². The van der Waals surface area contributed by atoms with E-state index < -0.39 is 0 Å². The molecule has 4 nitrogen and oxygen atoms in total. The highest BCUT2D eigenvalue weighted by atomic mass is 16.1. The highest BCUT2D eigenvalue weighted by Crippen LogP contribution is 2.05. The minimum absolute atomic E-state index is 0.0151. The number of benzene rings is 1. The van der Waals surface area contributed by atoms with E-state index in [0.717, 1.165) is 36.1 Å². The molecule has 0 aliphatic carbocycles. The van der Waals surface area contributed by atoms with Crippen molar-refractivity contribution < 1.29 is 9.28 Å². The summed E-state index contributed by atoms with van der Waals surface area (Å²) < 4.78 is 0.899. The number of hydrogen-bond acceptors (Lipinski definition) is 2. The molecule has 4 heteroatoms. The molecule has 1 amide bonds. The molecule has 0 saturated carbocycles. The van der Waals surface area contributed by atoms with Crippen LogP contribution in [-0.4, -0.2) is 57.7 Å². The number of hydrogen-bond donors (Lipinski definition) is 2. The molecule has 20 heavy (non-hydrogen) atoms. The predicted molar refractivity (Wildman–Crippen MR) is 83.9 cm³/mol. The number of aryl methyl sites for hydroxylation is 1. The summed E-state index contributed by atoms with van der Waals surface area (Å²) in [6.45, 7) is 5.78. The van der Waals surface area contributed by atoms with Gasteiger partial charge in [-0.15, -0.1) is 0 Å². The van der Waals surface area contributed by atoms with Crippen LogP contribution in [0, 0.1) is 0 Å². The number of nitrogens with zero attached hydrogens (tertiary/aromatic N) is 1. The fraction of sp³-hybridized carbons (Fsp3) is 0.562. The minimum Gasteiger partial charge on any atom is -0.346 e. The smallest absolute Gasteiger partial charge is 0.251 e. The molecule has 0 heterocycles. The molecule has 0 fully saturated rings. The van der Waals surface area contributed by atoms with E-state index >= 15 is 0 Å². The van der Waals surface area contributed by atoms with Gasteiger partial charge in [-0.3, -0.25) is 4.79 Å². The molecule has 0 radical (unpaired) electrons. The van der Waals surface area contributed by atoms with Gasteiger partial charge >= 0.3 is 0 Å². The Morgan fingerprint density at radius 2 is 1.70 bits per heavy atom. The van der Waals surface area contributed by atoms with Gasteiger partial charge in [-0.1, -0.05) is 19.1 Å². The van der Waals surface area contributed by atoms with Gasteiger partial charge in [-0.2, -0.15) is 0 Å². The third kappa shape index (κ3) is 5.72. The molecule has 0 aromatic heterocycles. The predicted octanol–water partition coefficient (Wildman–Crippen LogP) is 1.27. The van der Waals surface area contributed by atoms with Crippen molar-refractivity contribution in [3.8, 4) is 0 Å². The van der Waals surface area contributed by atoms with Crippen molar-refractivity contribution in [1.29, 1.82) is 0 Å². The average molecular weight is 278 g/mol. The Bertz CT molecular complexity index is 412. The summed E-state index contributed by atoms with van der Waals surface area (Å²) >= 11 is 0. The lowest BCUT2D eigenvalue weighted by atomic mass is 10.1. The van der Waals surface area contributed by atoms with Crippen LogP contribution in [0.3, 0.4) is 0 Å². The zero-order chi connectivity index (χ0) is 15.0. The maximum Gasteiger partial charge on any atom is 0.251 e. The molecule has 0 aliphatic rings. The second kappa shape index (κ2) is 8.02. The van der Waals surface area contributed by atoms with Crippen molar-refractivity contribution in [1.82, 2.24) is 10.6 Å². The van der Waals surface area contributed by atoms with Crippen LogP contribution in [0.5, 0.6) is 0 Å². The molecular weight excluding hydrogens is 250 g/mol. The third-order valence-electron chi connectivity index (χ3n) is 3.59. The highest BCUT2D eigenvalue weighted by molar-refractivity contribution is 5.94. The van der Waals surface area contributed by atoms with E-state index in [1.165, 1.54) is 5.56 Å². The Labute approximate surface area is 122 Å². The number of carbonyl (C=O) groups excluding carboxylic acids is 1. The van der Waals surface area contributed by atoms with Gasteiger partial charge in [0.1, 0.15) is 0 Å². The van der Waals surface area contributed by atoms with Crippen molar-refractivity contribution in [3.05, 3.63) is 35.4 Å². The number of carbonyl (C=O) groups is 1. The number of quaternary nitrogens is 1. The van der Waals surface area contributed by atoms with E-state index in [1.54, 1.807) is 0 Å². The van der Waals surface area contributed by atoms with Crippen LogP contribution in [0.15, 0.2) is 24.3 Å². The Hall–Kier alpha value is -1.39. The topological polar surface area (TPSA) is 41.1 Å². The standard InChI is InChI=1S/C16H27N3O/c1-5-14-6-8-15(9-7-14)16(20)18-11-13-19(3,4)12-10-17-2/h6-9,17H,5,10-13H2,1-4H3/p+1. The number of likely N-dealkylation sites (N-methyl/N-ethyl adjacent to an activating group) is 2. The van der Waals surface area contributed by atoms with E-state index in [1.807, 2.05) is 31.3 Å². The van der Waals surface area contributed by atoms with Crippen molar-refractivity contribution in [2.45, 2.75) is 13.3 Å². The van der Waals surface area contributed by atoms with Gasteiger partial charge in [-0.05, 0) is 31.2 Å². The first-order valence-electron chi connectivity index (χ1n) is 7.32. The molecule has 112 valence electrons. The third-order valence-corrected chi connectivity index (χ3v) is 3.59. The molecular formula is C16H28N3O+. The molecule has 1 aromatic rings. The lowest BCUT2D eigenvalue weighted by Gasteiger charge is -2.29. The minimum atomic E-state index is 0.0151. The Morgan fingerprint density at radius 1 is 1.10 bits per heavy atom. The van der Waals surface area contributed by atoms with Gasteiger partial charge < -0.3 is 15.1 Å². The van der Waals surface area contributed by atoms with Crippen molar-refractivity contribution in [3.63, 3.8) is 0 Å². The summed E-state index contributed by atoms with van der Waals surface area (Å²) in [6, 6.07) is 7.83. The second-order valence-electron chi connectivity index (χ2n) is 5.79. The first-order chi connectivity index (χ1) is 9.48. The quantitative estimate of drug-likeness (QED) is 0.703. The Morgan fingerprint density at radius 3 is 2.25 bits per heavy atom. The molecule has 0 unspecified atom stereocenters. The SMILES string of the molecule is CCc1ccc(C(=O)NCC[N+](C)(C)CCNC)cc1. The van der Waals surface area contributed by atoms with Gasteiger partial charge in [-0.25, -0.2) is 0 Å². The lowest BCUT2D eigenvalue weighted by molar-refractivity contribution is -0.887. The fourth-order valence-electron chi connectivity index (χ4n) is 1.99. The van der Waals surface area contributed by atoms with E-state index in [2.05, 4.69) is 31.7 Å². The van der Waals surface area contributed by atoms with Crippen LogP contribution in [0.2, 0.25) is 0 Å². The Kier molecular flexibility index (Phi) is 6.68.